The Hall–Kier alpha value is -4.19. The van der Waals surface area contributed by atoms with Crippen LogP contribution in [0.4, 0.5) is 0 Å². The Bertz CT molecular complexity index is 2130. The van der Waals surface area contributed by atoms with Gasteiger partial charge in [-0.1, -0.05) is 69.7 Å². The highest BCUT2D eigenvalue weighted by molar-refractivity contribution is 9.10. The maximum absolute atomic E-state index is 14.1. The maximum Gasteiger partial charge on any atom is 0.338 e. The van der Waals surface area contributed by atoms with Gasteiger partial charge >= 0.3 is 5.97 Å². The molecule has 0 amide bonds. The predicted molar refractivity (Wildman–Crippen MR) is 184 cm³/mol. The SMILES string of the molecule is CCOC(=O)C1=C(C)N=c2s/c(=C\c3cc(Br)c(OCc4ccccc4)c(OC)c3)c(=O)n2[C@@H]1c1ccc(-c2ccc(Br)cc2)o1. The van der Waals surface area contributed by atoms with E-state index in [0.717, 1.165) is 21.2 Å². The van der Waals surface area contributed by atoms with E-state index in [0.29, 0.717) is 49.1 Å². The summed E-state index contributed by atoms with van der Waals surface area (Å²) in [6.45, 7) is 4.02. The molecule has 0 bridgehead atoms. The Morgan fingerprint density at radius 2 is 1.83 bits per heavy atom. The lowest BCUT2D eigenvalue weighted by atomic mass is 10.0. The predicted octanol–water partition coefficient (Wildman–Crippen LogP) is 7.17. The van der Waals surface area contributed by atoms with E-state index in [-0.39, 0.29) is 17.7 Å². The van der Waals surface area contributed by atoms with E-state index in [1.807, 2.05) is 72.8 Å². The number of carbonyl (C=O) groups excluding carboxylic acids is 1. The first-order valence-corrected chi connectivity index (χ1v) is 16.8. The van der Waals surface area contributed by atoms with Crippen molar-refractivity contribution in [1.82, 2.24) is 4.57 Å². The zero-order chi connectivity index (χ0) is 32.4. The molecule has 0 saturated carbocycles. The maximum atomic E-state index is 14.1. The van der Waals surface area contributed by atoms with Crippen LogP contribution in [0.15, 0.2) is 113 Å². The number of carbonyl (C=O) groups is 1. The fraction of sp³-hybridized carbons (Fsp3) is 0.171. The van der Waals surface area contributed by atoms with Crippen molar-refractivity contribution in [1.29, 1.82) is 0 Å². The molecule has 1 aliphatic rings. The molecule has 234 valence electrons. The van der Waals surface area contributed by atoms with E-state index >= 15 is 0 Å². The summed E-state index contributed by atoms with van der Waals surface area (Å²) in [6.07, 6.45) is 1.77. The average Bonchev–Trinajstić information content (AvgIpc) is 3.65. The highest BCUT2D eigenvalue weighted by Crippen LogP contribution is 2.38. The van der Waals surface area contributed by atoms with Crippen molar-refractivity contribution in [2.75, 3.05) is 13.7 Å². The van der Waals surface area contributed by atoms with Crippen LogP contribution < -0.4 is 24.4 Å². The molecule has 8 nitrogen and oxygen atoms in total. The normalized spacial score (nSPS) is 14.5. The third kappa shape index (κ3) is 6.40. The summed E-state index contributed by atoms with van der Waals surface area (Å²) < 4.78 is 27.0. The summed E-state index contributed by atoms with van der Waals surface area (Å²) in [6, 6.07) is 24.0. The number of benzene rings is 3. The van der Waals surface area contributed by atoms with Crippen LogP contribution in [0.2, 0.25) is 0 Å². The molecular formula is C35H28Br2N2O6S. The van der Waals surface area contributed by atoms with Gasteiger partial charge in [-0.25, -0.2) is 9.79 Å². The summed E-state index contributed by atoms with van der Waals surface area (Å²) in [4.78, 5) is 32.5. The van der Waals surface area contributed by atoms with Crippen LogP contribution in [0.3, 0.4) is 0 Å². The molecule has 5 aromatic rings. The summed E-state index contributed by atoms with van der Waals surface area (Å²) in [5.74, 6) is 1.54. The number of halogens is 2. The van der Waals surface area contributed by atoms with Crippen molar-refractivity contribution in [3.63, 3.8) is 0 Å². The standard InChI is InChI=1S/C35H28Br2N2O6S/c1-4-43-34(41)30-20(2)38-35-39(31(30)27-15-14-26(45-27)23-10-12-24(36)13-11-23)33(40)29(46-35)18-22-16-25(37)32(28(17-22)42-3)44-19-21-8-6-5-7-9-21/h5-18,31H,4,19H2,1-3H3/b29-18-/t31-/m1/s1. The molecule has 1 aliphatic heterocycles. The number of furan rings is 1. The van der Waals surface area contributed by atoms with Gasteiger partial charge < -0.3 is 18.6 Å². The highest BCUT2D eigenvalue weighted by atomic mass is 79.9. The summed E-state index contributed by atoms with van der Waals surface area (Å²) in [5, 5.41) is 0. The molecule has 2 aromatic heterocycles. The van der Waals surface area contributed by atoms with Crippen LogP contribution >= 0.6 is 43.2 Å². The Kier molecular flexibility index (Phi) is 9.44. The molecule has 0 aliphatic carbocycles. The third-order valence-corrected chi connectivity index (χ3v) is 9.42. The van der Waals surface area contributed by atoms with E-state index in [1.165, 1.54) is 15.9 Å². The molecule has 3 heterocycles. The van der Waals surface area contributed by atoms with Gasteiger partial charge in [-0.15, -0.1) is 0 Å². The van der Waals surface area contributed by atoms with E-state index in [2.05, 4.69) is 36.9 Å². The minimum Gasteiger partial charge on any atom is -0.493 e. The minimum atomic E-state index is -0.864. The Morgan fingerprint density at radius 1 is 1.07 bits per heavy atom. The summed E-state index contributed by atoms with van der Waals surface area (Å²) in [5.41, 5.74) is 2.99. The van der Waals surface area contributed by atoms with E-state index in [9.17, 15) is 9.59 Å². The van der Waals surface area contributed by atoms with Crippen LogP contribution in [-0.2, 0) is 16.1 Å². The monoisotopic (exact) mass is 762 g/mol. The van der Waals surface area contributed by atoms with E-state index in [4.69, 9.17) is 18.6 Å². The third-order valence-electron chi connectivity index (χ3n) is 7.32. The number of hydrogen-bond donors (Lipinski definition) is 0. The molecule has 1 atom stereocenters. The fourth-order valence-corrected chi connectivity index (χ4v) is 7.06. The van der Waals surface area contributed by atoms with Gasteiger partial charge in [0.2, 0.25) is 0 Å². The number of esters is 1. The lowest BCUT2D eigenvalue weighted by Gasteiger charge is -2.22. The van der Waals surface area contributed by atoms with Crippen LogP contribution in [0, 0.1) is 0 Å². The molecule has 0 N–H and O–H groups in total. The van der Waals surface area contributed by atoms with E-state index < -0.39 is 12.0 Å². The average molecular weight is 764 g/mol. The van der Waals surface area contributed by atoms with E-state index in [1.54, 1.807) is 33.1 Å². The lowest BCUT2D eigenvalue weighted by Crippen LogP contribution is -2.39. The Morgan fingerprint density at radius 3 is 2.54 bits per heavy atom. The van der Waals surface area contributed by atoms with Gasteiger partial charge in [0.1, 0.15) is 24.2 Å². The largest absolute Gasteiger partial charge is 0.493 e. The minimum absolute atomic E-state index is 0.177. The molecule has 0 spiro atoms. The van der Waals surface area contributed by atoms with Crippen LogP contribution in [-0.4, -0.2) is 24.3 Å². The zero-order valence-electron chi connectivity index (χ0n) is 25.1. The summed E-state index contributed by atoms with van der Waals surface area (Å²) in [7, 11) is 1.57. The number of nitrogens with zero attached hydrogens (tertiary/aromatic N) is 2. The number of aromatic nitrogens is 1. The lowest BCUT2D eigenvalue weighted by molar-refractivity contribution is -0.139. The van der Waals surface area contributed by atoms with Crippen molar-refractivity contribution in [3.05, 3.63) is 136 Å². The van der Waals surface area contributed by atoms with Crippen molar-refractivity contribution >= 4 is 55.2 Å². The number of methoxy groups -OCH3 is 1. The zero-order valence-corrected chi connectivity index (χ0v) is 29.1. The van der Waals surface area contributed by atoms with Crippen molar-refractivity contribution in [2.45, 2.75) is 26.5 Å². The summed E-state index contributed by atoms with van der Waals surface area (Å²) >= 11 is 8.31. The van der Waals surface area contributed by atoms with Crippen molar-refractivity contribution in [3.8, 4) is 22.8 Å². The number of rotatable bonds is 9. The highest BCUT2D eigenvalue weighted by Gasteiger charge is 2.35. The first-order valence-electron chi connectivity index (χ1n) is 14.4. The molecule has 0 fully saturated rings. The number of allylic oxidation sites excluding steroid dienone is 1. The molecule has 3 aromatic carbocycles. The smallest absolute Gasteiger partial charge is 0.338 e. The number of thiazole rings is 1. The number of ether oxygens (including phenoxy) is 3. The van der Waals surface area contributed by atoms with Gasteiger partial charge in [-0.05, 0) is 83.4 Å². The molecule has 0 unspecified atom stereocenters. The topological polar surface area (TPSA) is 92.3 Å². The van der Waals surface area contributed by atoms with Crippen molar-refractivity contribution in [2.24, 2.45) is 4.99 Å². The van der Waals surface area contributed by atoms with Crippen LogP contribution in [0.1, 0.15) is 36.8 Å². The van der Waals surface area contributed by atoms with Gasteiger partial charge in [-0.2, -0.15) is 0 Å². The Labute approximate surface area is 285 Å². The first-order chi connectivity index (χ1) is 22.3. The first kappa shape index (κ1) is 31.8. The van der Waals surface area contributed by atoms with Gasteiger partial charge in [0.15, 0.2) is 16.3 Å². The van der Waals surface area contributed by atoms with Gasteiger partial charge in [0.25, 0.3) is 5.56 Å². The molecule has 11 heteroatoms. The van der Waals surface area contributed by atoms with Crippen LogP contribution in [0.25, 0.3) is 17.4 Å². The fourth-order valence-electron chi connectivity index (χ4n) is 5.17. The second kappa shape index (κ2) is 13.7. The van der Waals surface area contributed by atoms with Gasteiger partial charge in [0, 0.05) is 10.0 Å². The molecule has 46 heavy (non-hydrogen) atoms. The van der Waals surface area contributed by atoms with Crippen LogP contribution in [0.5, 0.6) is 11.5 Å². The van der Waals surface area contributed by atoms with Gasteiger partial charge in [-0.3, -0.25) is 9.36 Å². The van der Waals surface area contributed by atoms with Gasteiger partial charge in [0.05, 0.1) is 34.0 Å². The second-order valence-electron chi connectivity index (χ2n) is 10.3. The van der Waals surface area contributed by atoms with Crippen molar-refractivity contribution < 1.29 is 23.4 Å². The molecular weight excluding hydrogens is 736 g/mol. The molecule has 6 rings (SSSR count). The quantitative estimate of drug-likeness (QED) is 0.148. The second-order valence-corrected chi connectivity index (χ2v) is 13.1. The molecule has 0 radical (unpaired) electrons. The number of hydrogen-bond acceptors (Lipinski definition) is 8. The molecule has 0 saturated heterocycles. The number of fused-ring (bicyclic) bond motifs is 1. The Balaban J connectivity index is 1.42.